The SMILES string of the molecule is CN(Cc1ccc2ccccc2c1)C(=O)CCc1ncc(-c2ccccc2)o1. The van der Waals surface area contributed by atoms with Crippen molar-refractivity contribution in [3.05, 3.63) is 90.4 Å². The van der Waals surface area contributed by atoms with E-state index < -0.39 is 0 Å². The minimum absolute atomic E-state index is 0.0765. The Hall–Kier alpha value is -3.40. The third-order valence-electron chi connectivity index (χ3n) is 4.82. The Bertz CT molecular complexity index is 1090. The van der Waals surface area contributed by atoms with Crippen LogP contribution in [0.4, 0.5) is 0 Å². The average molecular weight is 370 g/mol. The van der Waals surface area contributed by atoms with Gasteiger partial charge in [-0.25, -0.2) is 4.98 Å². The largest absolute Gasteiger partial charge is 0.441 e. The number of carbonyl (C=O) groups excluding carboxylic acids is 1. The summed E-state index contributed by atoms with van der Waals surface area (Å²) in [6.07, 6.45) is 2.58. The van der Waals surface area contributed by atoms with Gasteiger partial charge in [0.1, 0.15) is 0 Å². The molecule has 1 amide bonds. The first-order chi connectivity index (χ1) is 13.7. The minimum atomic E-state index is 0.0765. The molecule has 4 heteroatoms. The number of hydrogen-bond acceptors (Lipinski definition) is 3. The van der Waals surface area contributed by atoms with E-state index in [2.05, 4.69) is 35.3 Å². The molecule has 0 aliphatic rings. The second-order valence-corrected chi connectivity index (χ2v) is 6.92. The van der Waals surface area contributed by atoms with Crippen LogP contribution in [0.15, 0.2) is 83.4 Å². The van der Waals surface area contributed by atoms with Gasteiger partial charge < -0.3 is 9.32 Å². The van der Waals surface area contributed by atoms with Gasteiger partial charge in [0, 0.05) is 32.0 Å². The first kappa shape index (κ1) is 18.0. The van der Waals surface area contributed by atoms with Gasteiger partial charge in [-0.1, -0.05) is 66.7 Å². The van der Waals surface area contributed by atoms with Crippen LogP contribution in [0.2, 0.25) is 0 Å². The highest BCUT2D eigenvalue weighted by molar-refractivity contribution is 5.83. The van der Waals surface area contributed by atoms with E-state index in [1.807, 2.05) is 49.5 Å². The normalized spacial score (nSPS) is 10.9. The summed E-state index contributed by atoms with van der Waals surface area (Å²) < 4.78 is 5.78. The number of fused-ring (bicyclic) bond motifs is 1. The number of oxazole rings is 1. The van der Waals surface area contributed by atoms with Gasteiger partial charge in [0.2, 0.25) is 5.91 Å². The lowest BCUT2D eigenvalue weighted by Gasteiger charge is -2.17. The Kier molecular flexibility index (Phi) is 5.20. The summed E-state index contributed by atoms with van der Waals surface area (Å²) in [6.45, 7) is 0.588. The highest BCUT2D eigenvalue weighted by Gasteiger charge is 2.13. The molecule has 28 heavy (non-hydrogen) atoms. The number of aryl methyl sites for hydroxylation is 1. The van der Waals surface area contributed by atoms with Gasteiger partial charge in [-0.2, -0.15) is 0 Å². The molecule has 0 saturated carbocycles. The maximum Gasteiger partial charge on any atom is 0.223 e. The molecule has 0 spiro atoms. The summed E-state index contributed by atoms with van der Waals surface area (Å²) in [7, 11) is 1.84. The Morgan fingerprint density at radius 2 is 1.71 bits per heavy atom. The van der Waals surface area contributed by atoms with E-state index in [1.54, 1.807) is 11.1 Å². The fourth-order valence-electron chi connectivity index (χ4n) is 3.27. The van der Waals surface area contributed by atoms with E-state index in [0.29, 0.717) is 25.3 Å². The summed E-state index contributed by atoms with van der Waals surface area (Å²) in [5.74, 6) is 1.39. The summed E-state index contributed by atoms with van der Waals surface area (Å²) in [4.78, 5) is 18.6. The van der Waals surface area contributed by atoms with Crippen molar-refractivity contribution in [2.45, 2.75) is 19.4 Å². The van der Waals surface area contributed by atoms with Gasteiger partial charge in [0.15, 0.2) is 11.7 Å². The second kappa shape index (κ2) is 8.09. The van der Waals surface area contributed by atoms with Crippen molar-refractivity contribution >= 4 is 16.7 Å². The highest BCUT2D eigenvalue weighted by atomic mass is 16.4. The molecule has 1 aromatic heterocycles. The Labute approximate surface area is 164 Å². The molecular weight excluding hydrogens is 348 g/mol. The van der Waals surface area contributed by atoms with E-state index in [1.165, 1.54) is 10.8 Å². The van der Waals surface area contributed by atoms with Gasteiger partial charge >= 0.3 is 0 Å². The molecule has 4 rings (SSSR count). The van der Waals surface area contributed by atoms with Crippen molar-refractivity contribution in [3.8, 4) is 11.3 Å². The monoisotopic (exact) mass is 370 g/mol. The first-order valence-electron chi connectivity index (χ1n) is 9.41. The van der Waals surface area contributed by atoms with Crippen LogP contribution < -0.4 is 0 Å². The standard InChI is InChI=1S/C24H22N2O2/c1-26(17-18-11-12-19-7-5-6-10-21(19)15-18)24(27)14-13-23-25-16-22(28-23)20-8-3-2-4-9-20/h2-12,15-16H,13-14,17H2,1H3. The van der Waals surface area contributed by atoms with E-state index >= 15 is 0 Å². The predicted octanol–water partition coefficient (Wildman–Crippen LogP) is 5.09. The molecule has 0 aliphatic carbocycles. The van der Waals surface area contributed by atoms with E-state index in [4.69, 9.17) is 4.42 Å². The third kappa shape index (κ3) is 4.12. The van der Waals surface area contributed by atoms with Crippen molar-refractivity contribution in [2.75, 3.05) is 7.05 Å². The molecule has 0 unspecified atom stereocenters. The van der Waals surface area contributed by atoms with Crippen molar-refractivity contribution < 1.29 is 9.21 Å². The maximum absolute atomic E-state index is 12.5. The van der Waals surface area contributed by atoms with E-state index in [-0.39, 0.29) is 5.91 Å². The molecule has 0 saturated heterocycles. The van der Waals surface area contributed by atoms with Crippen LogP contribution in [-0.4, -0.2) is 22.8 Å². The number of carbonyl (C=O) groups is 1. The molecule has 3 aromatic carbocycles. The van der Waals surface area contributed by atoms with Crippen LogP contribution in [0.1, 0.15) is 17.9 Å². The fourth-order valence-corrected chi connectivity index (χ4v) is 3.27. The zero-order valence-electron chi connectivity index (χ0n) is 15.8. The lowest BCUT2D eigenvalue weighted by molar-refractivity contribution is -0.130. The van der Waals surface area contributed by atoms with Crippen LogP contribution in [0, 0.1) is 0 Å². The third-order valence-corrected chi connectivity index (χ3v) is 4.82. The molecule has 0 atom stereocenters. The van der Waals surface area contributed by atoms with Crippen LogP contribution in [0.3, 0.4) is 0 Å². The highest BCUT2D eigenvalue weighted by Crippen LogP contribution is 2.21. The van der Waals surface area contributed by atoms with Crippen molar-refractivity contribution in [1.29, 1.82) is 0 Å². The number of hydrogen-bond donors (Lipinski definition) is 0. The van der Waals surface area contributed by atoms with Gasteiger partial charge in [-0.15, -0.1) is 0 Å². The number of rotatable bonds is 6. The maximum atomic E-state index is 12.5. The molecule has 1 heterocycles. The molecule has 0 bridgehead atoms. The molecular formula is C24H22N2O2. The number of benzene rings is 3. The van der Waals surface area contributed by atoms with Gasteiger partial charge in [-0.3, -0.25) is 4.79 Å². The summed E-state index contributed by atoms with van der Waals surface area (Å²) in [6, 6.07) is 24.4. The Morgan fingerprint density at radius 1 is 0.964 bits per heavy atom. The Balaban J connectivity index is 1.35. The topological polar surface area (TPSA) is 46.3 Å². The van der Waals surface area contributed by atoms with Crippen molar-refractivity contribution in [2.24, 2.45) is 0 Å². The lowest BCUT2D eigenvalue weighted by atomic mass is 10.1. The molecule has 4 aromatic rings. The summed E-state index contributed by atoms with van der Waals surface area (Å²) >= 11 is 0. The van der Waals surface area contributed by atoms with Crippen LogP contribution in [0.5, 0.6) is 0 Å². The molecule has 0 aliphatic heterocycles. The zero-order valence-corrected chi connectivity index (χ0v) is 15.8. The van der Waals surface area contributed by atoms with Crippen LogP contribution in [-0.2, 0) is 17.8 Å². The van der Waals surface area contributed by atoms with Gasteiger partial charge in [0.25, 0.3) is 0 Å². The van der Waals surface area contributed by atoms with E-state index in [9.17, 15) is 4.79 Å². The number of nitrogens with zero attached hydrogens (tertiary/aromatic N) is 2. The van der Waals surface area contributed by atoms with Gasteiger partial charge in [0.05, 0.1) is 6.20 Å². The number of aromatic nitrogens is 1. The van der Waals surface area contributed by atoms with Gasteiger partial charge in [-0.05, 0) is 22.4 Å². The average Bonchev–Trinajstić information content (AvgIpc) is 3.21. The molecule has 140 valence electrons. The zero-order chi connectivity index (χ0) is 19.3. The molecule has 0 fully saturated rings. The Morgan fingerprint density at radius 3 is 2.54 bits per heavy atom. The quantitative estimate of drug-likeness (QED) is 0.475. The van der Waals surface area contributed by atoms with Crippen molar-refractivity contribution in [3.63, 3.8) is 0 Å². The molecule has 4 nitrogen and oxygen atoms in total. The first-order valence-corrected chi connectivity index (χ1v) is 9.41. The minimum Gasteiger partial charge on any atom is -0.441 e. The van der Waals surface area contributed by atoms with Crippen LogP contribution in [0.25, 0.3) is 22.1 Å². The summed E-state index contributed by atoms with van der Waals surface area (Å²) in [5.41, 5.74) is 2.11. The summed E-state index contributed by atoms with van der Waals surface area (Å²) in [5, 5.41) is 2.40. The van der Waals surface area contributed by atoms with Crippen LogP contribution >= 0.6 is 0 Å². The smallest absolute Gasteiger partial charge is 0.223 e. The van der Waals surface area contributed by atoms with Crippen molar-refractivity contribution in [1.82, 2.24) is 9.88 Å². The lowest BCUT2D eigenvalue weighted by Crippen LogP contribution is -2.26. The van der Waals surface area contributed by atoms with E-state index in [0.717, 1.165) is 16.9 Å². The molecule has 0 N–H and O–H groups in total. The molecule has 0 radical (unpaired) electrons. The predicted molar refractivity (Wildman–Crippen MR) is 111 cm³/mol. The second-order valence-electron chi connectivity index (χ2n) is 6.92. The number of amides is 1. The fraction of sp³-hybridized carbons (Fsp3) is 0.167.